The third-order valence-corrected chi connectivity index (χ3v) is 8.47. The molecule has 7 heteroatoms. The molecule has 5 rings (SSSR count). The van der Waals surface area contributed by atoms with Crippen molar-refractivity contribution in [3.05, 3.63) is 0 Å². The minimum atomic E-state index is -0.747. The topological polar surface area (TPSA) is 59.6 Å². The highest BCUT2D eigenvalue weighted by atomic mass is 19.1. The van der Waals surface area contributed by atoms with E-state index in [1.54, 1.807) is 0 Å². The normalized spacial score (nSPS) is 46.3. The summed E-state index contributed by atoms with van der Waals surface area (Å²) in [6, 6.07) is 0.797. The molecule has 0 bridgehead atoms. The minimum absolute atomic E-state index is 0.0174. The van der Waals surface area contributed by atoms with Gasteiger partial charge in [-0.05, 0) is 50.9 Å². The summed E-state index contributed by atoms with van der Waals surface area (Å²) in [7, 11) is 0. The van der Waals surface area contributed by atoms with E-state index in [0.29, 0.717) is 31.0 Å². The highest BCUT2D eigenvalue weighted by molar-refractivity contribution is 5.82. The number of carbonyl (C=O) groups excluding carboxylic acids is 1. The van der Waals surface area contributed by atoms with Gasteiger partial charge in [-0.3, -0.25) is 19.9 Å². The minimum Gasteiger partial charge on any atom is -0.352 e. The van der Waals surface area contributed by atoms with Crippen molar-refractivity contribution in [1.82, 2.24) is 25.8 Å². The highest BCUT2D eigenvalue weighted by Gasteiger charge is 2.46. The van der Waals surface area contributed by atoms with Gasteiger partial charge in [0, 0.05) is 56.8 Å². The molecule has 5 fully saturated rings. The van der Waals surface area contributed by atoms with Gasteiger partial charge < -0.3 is 10.6 Å². The summed E-state index contributed by atoms with van der Waals surface area (Å²) < 4.78 is 14.4. The van der Waals surface area contributed by atoms with Crippen molar-refractivity contribution in [2.45, 2.75) is 88.4 Å². The lowest BCUT2D eigenvalue weighted by atomic mass is 9.77. The van der Waals surface area contributed by atoms with Gasteiger partial charge in [-0.25, -0.2) is 4.39 Å². The van der Waals surface area contributed by atoms with Crippen LogP contribution in [0.25, 0.3) is 0 Å². The van der Waals surface area contributed by atoms with Crippen LogP contribution in [0.5, 0.6) is 0 Å². The van der Waals surface area contributed by atoms with E-state index in [9.17, 15) is 9.18 Å². The number of nitrogens with one attached hydrogen (secondary N) is 3. The predicted octanol–water partition coefficient (Wildman–Crippen LogP) is 1.08. The molecule has 29 heavy (non-hydrogen) atoms. The van der Waals surface area contributed by atoms with Gasteiger partial charge in [0.15, 0.2) is 0 Å². The average molecular weight is 408 g/mol. The van der Waals surface area contributed by atoms with Crippen LogP contribution in [-0.2, 0) is 4.79 Å². The van der Waals surface area contributed by atoms with Crippen molar-refractivity contribution in [3.8, 4) is 0 Å². The van der Waals surface area contributed by atoms with E-state index < -0.39 is 6.17 Å². The van der Waals surface area contributed by atoms with Gasteiger partial charge in [-0.1, -0.05) is 6.92 Å². The molecule has 2 saturated carbocycles. The van der Waals surface area contributed by atoms with Crippen LogP contribution in [-0.4, -0.2) is 84.9 Å². The van der Waals surface area contributed by atoms with Crippen LogP contribution in [0.2, 0.25) is 0 Å². The number of fused-ring (bicyclic) bond motifs is 2. The van der Waals surface area contributed by atoms with Crippen LogP contribution in [0.3, 0.4) is 0 Å². The number of nitrogens with zero attached hydrogens (tertiary/aromatic N) is 2. The third-order valence-electron chi connectivity index (χ3n) is 8.47. The van der Waals surface area contributed by atoms with Gasteiger partial charge in [0.2, 0.25) is 5.91 Å². The Kier molecular flexibility index (Phi) is 5.84. The predicted molar refractivity (Wildman–Crippen MR) is 111 cm³/mol. The molecule has 1 amide bonds. The van der Waals surface area contributed by atoms with E-state index in [2.05, 4.69) is 32.7 Å². The average Bonchev–Trinajstić information content (AvgIpc) is 3.38. The maximum absolute atomic E-state index is 14.4. The number of hydrogen-bond acceptors (Lipinski definition) is 5. The fourth-order valence-electron chi connectivity index (χ4n) is 6.74. The quantitative estimate of drug-likeness (QED) is 0.654. The smallest absolute Gasteiger partial charge is 0.237 e. The SMILES string of the molecule is CC1CCC(F)C2CC(C(=O)N[C@@H]3CCC[C@@H](N4CCN5CCNC5C4)C3)NC12. The van der Waals surface area contributed by atoms with Crippen molar-refractivity contribution in [2.24, 2.45) is 11.8 Å². The highest BCUT2D eigenvalue weighted by Crippen LogP contribution is 2.38. The molecular weight excluding hydrogens is 369 g/mol. The Morgan fingerprint density at radius 2 is 1.93 bits per heavy atom. The number of amides is 1. The molecule has 0 aromatic carbocycles. The molecule has 0 spiro atoms. The second-order valence-electron chi connectivity index (χ2n) is 10.2. The summed E-state index contributed by atoms with van der Waals surface area (Å²) in [4.78, 5) is 18.2. The second-order valence-corrected chi connectivity index (χ2v) is 10.2. The molecule has 2 aliphatic carbocycles. The second kappa shape index (κ2) is 8.40. The molecule has 164 valence electrons. The van der Waals surface area contributed by atoms with E-state index in [1.807, 2.05) is 0 Å². The van der Waals surface area contributed by atoms with Crippen molar-refractivity contribution >= 4 is 5.91 Å². The molecular formula is C22H38FN5O. The van der Waals surface area contributed by atoms with Gasteiger partial charge >= 0.3 is 0 Å². The van der Waals surface area contributed by atoms with Crippen molar-refractivity contribution in [3.63, 3.8) is 0 Å². The maximum Gasteiger partial charge on any atom is 0.237 e. The van der Waals surface area contributed by atoms with Crippen LogP contribution >= 0.6 is 0 Å². The Balaban J connectivity index is 1.14. The van der Waals surface area contributed by atoms with Gasteiger partial charge in [-0.15, -0.1) is 0 Å². The lowest BCUT2D eigenvalue weighted by molar-refractivity contribution is -0.124. The number of halogens is 1. The van der Waals surface area contributed by atoms with Gasteiger partial charge in [-0.2, -0.15) is 0 Å². The van der Waals surface area contributed by atoms with Gasteiger partial charge in [0.1, 0.15) is 6.17 Å². The number of rotatable bonds is 3. The Morgan fingerprint density at radius 1 is 1.07 bits per heavy atom. The monoisotopic (exact) mass is 407 g/mol. The molecule has 0 radical (unpaired) electrons. The van der Waals surface area contributed by atoms with Crippen LogP contribution in [0.4, 0.5) is 4.39 Å². The number of carbonyl (C=O) groups is 1. The Bertz CT molecular complexity index is 588. The number of alkyl halides is 1. The fraction of sp³-hybridized carbons (Fsp3) is 0.955. The zero-order chi connectivity index (χ0) is 20.0. The van der Waals surface area contributed by atoms with Crippen LogP contribution < -0.4 is 16.0 Å². The molecule has 3 aliphatic heterocycles. The summed E-state index contributed by atoms with van der Waals surface area (Å²) in [6.45, 7) is 7.89. The molecule has 3 saturated heterocycles. The lowest BCUT2D eigenvalue weighted by Crippen LogP contribution is -2.58. The maximum atomic E-state index is 14.4. The number of hydrogen-bond donors (Lipinski definition) is 3. The molecule has 5 aliphatic rings. The van der Waals surface area contributed by atoms with E-state index in [1.165, 1.54) is 19.4 Å². The Morgan fingerprint density at radius 3 is 2.79 bits per heavy atom. The first-order valence-corrected chi connectivity index (χ1v) is 12.0. The molecule has 6 nitrogen and oxygen atoms in total. The third kappa shape index (κ3) is 4.08. The summed E-state index contributed by atoms with van der Waals surface area (Å²) in [6.07, 6.45) is 6.57. The Hall–Kier alpha value is -0.760. The molecule has 0 aromatic rings. The molecule has 6 unspecified atom stereocenters. The van der Waals surface area contributed by atoms with Crippen molar-refractivity contribution < 1.29 is 9.18 Å². The van der Waals surface area contributed by atoms with Crippen molar-refractivity contribution in [1.29, 1.82) is 0 Å². The van der Waals surface area contributed by atoms with E-state index in [-0.39, 0.29) is 30.0 Å². The van der Waals surface area contributed by atoms with Gasteiger partial charge in [0.25, 0.3) is 0 Å². The van der Waals surface area contributed by atoms with Crippen LogP contribution in [0.1, 0.15) is 51.9 Å². The largest absolute Gasteiger partial charge is 0.352 e. The molecule has 8 atom stereocenters. The zero-order valence-electron chi connectivity index (χ0n) is 17.8. The van der Waals surface area contributed by atoms with Crippen molar-refractivity contribution in [2.75, 3.05) is 32.7 Å². The van der Waals surface area contributed by atoms with Gasteiger partial charge in [0.05, 0.1) is 12.2 Å². The lowest BCUT2D eigenvalue weighted by Gasteiger charge is -2.44. The summed E-state index contributed by atoms with van der Waals surface area (Å²) in [5.41, 5.74) is 0. The molecule has 3 heterocycles. The summed E-state index contributed by atoms with van der Waals surface area (Å²) >= 11 is 0. The van der Waals surface area contributed by atoms with Crippen LogP contribution in [0.15, 0.2) is 0 Å². The van der Waals surface area contributed by atoms with Crippen LogP contribution in [0, 0.1) is 11.8 Å². The number of piperazine rings is 1. The Labute approximate surface area is 174 Å². The standard InChI is InChI=1S/C22H38FN5O/c1-14-5-6-18(23)17-12-19(26-21(14)17)22(29)25-15-3-2-4-16(11-15)28-10-9-27-8-7-24-20(27)13-28/h14-21,24,26H,2-13H2,1H3,(H,25,29)/t14?,15-,16-,17?,18?,19?,20?,21?/m1/s1. The first-order chi connectivity index (χ1) is 14.1. The van der Waals surface area contributed by atoms with E-state index >= 15 is 0 Å². The molecule has 0 aromatic heterocycles. The first-order valence-electron chi connectivity index (χ1n) is 12.0. The van der Waals surface area contributed by atoms with E-state index in [4.69, 9.17) is 0 Å². The van der Waals surface area contributed by atoms with E-state index in [0.717, 1.165) is 45.4 Å². The first kappa shape index (κ1) is 20.2. The zero-order valence-corrected chi connectivity index (χ0v) is 17.8. The molecule has 3 N–H and O–H groups in total. The fourth-order valence-corrected chi connectivity index (χ4v) is 6.74. The summed E-state index contributed by atoms with van der Waals surface area (Å²) in [5.74, 6) is 0.585. The summed E-state index contributed by atoms with van der Waals surface area (Å²) in [5, 5.41) is 10.4.